The fraction of sp³-hybridized carbons (Fsp3) is 0.316. The van der Waals surface area contributed by atoms with Crippen LogP contribution in [-0.2, 0) is 11.2 Å². The van der Waals surface area contributed by atoms with Gasteiger partial charge in [0.15, 0.2) is 0 Å². The number of hydrogen-bond acceptors (Lipinski definition) is 3. The van der Waals surface area contributed by atoms with Gasteiger partial charge in [0.25, 0.3) is 0 Å². The minimum atomic E-state index is -0.264. The van der Waals surface area contributed by atoms with Gasteiger partial charge in [-0.15, -0.1) is 0 Å². The number of carbonyl (C=O) groups is 1. The lowest BCUT2D eigenvalue weighted by Gasteiger charge is -2.25. The molecule has 4 nitrogen and oxygen atoms in total. The first-order valence-electron chi connectivity index (χ1n) is 8.00. The van der Waals surface area contributed by atoms with Crippen molar-refractivity contribution in [2.75, 3.05) is 13.2 Å². The number of para-hydroxylation sites is 1. The van der Waals surface area contributed by atoms with Crippen molar-refractivity contribution in [3.05, 3.63) is 65.7 Å². The Hall–Kier alpha value is -2.33. The molecule has 0 saturated heterocycles. The second kappa shape index (κ2) is 7.29. The third-order valence-electron chi connectivity index (χ3n) is 4.18. The van der Waals surface area contributed by atoms with E-state index in [1.165, 1.54) is 5.56 Å². The summed E-state index contributed by atoms with van der Waals surface area (Å²) in [6, 6.07) is 17.5. The van der Waals surface area contributed by atoms with Crippen LogP contribution in [-0.4, -0.2) is 19.1 Å². The number of amides is 1. The van der Waals surface area contributed by atoms with E-state index in [-0.39, 0.29) is 11.9 Å². The van der Waals surface area contributed by atoms with E-state index >= 15 is 0 Å². The number of nitrogens with one attached hydrogen (secondary N) is 1. The van der Waals surface area contributed by atoms with E-state index in [2.05, 4.69) is 11.4 Å². The number of carbonyl (C=O) groups excluding carboxylic acids is 1. The Bertz CT molecular complexity index is 657. The number of benzene rings is 2. The molecule has 1 amide bonds. The summed E-state index contributed by atoms with van der Waals surface area (Å²) in [5.41, 5.74) is 8.27. The summed E-state index contributed by atoms with van der Waals surface area (Å²) < 4.78 is 5.74. The maximum absolute atomic E-state index is 12.1. The van der Waals surface area contributed by atoms with Crippen molar-refractivity contribution in [2.24, 2.45) is 11.7 Å². The average molecular weight is 310 g/mol. The molecule has 0 saturated carbocycles. The van der Waals surface area contributed by atoms with E-state index in [9.17, 15) is 4.79 Å². The van der Waals surface area contributed by atoms with E-state index in [0.29, 0.717) is 25.5 Å². The summed E-state index contributed by atoms with van der Waals surface area (Å²) in [5.74, 6) is 1.25. The van der Waals surface area contributed by atoms with E-state index < -0.39 is 0 Å². The molecule has 1 aliphatic rings. The lowest BCUT2D eigenvalue weighted by Crippen LogP contribution is -2.36. The van der Waals surface area contributed by atoms with Crippen LogP contribution in [0.1, 0.15) is 23.6 Å². The topological polar surface area (TPSA) is 64.4 Å². The Morgan fingerprint density at radius 2 is 1.91 bits per heavy atom. The Kier molecular flexibility index (Phi) is 4.93. The van der Waals surface area contributed by atoms with Gasteiger partial charge in [0.1, 0.15) is 5.75 Å². The van der Waals surface area contributed by atoms with E-state index in [1.807, 2.05) is 48.5 Å². The molecule has 2 aromatic carbocycles. The highest BCUT2D eigenvalue weighted by Gasteiger charge is 2.20. The highest BCUT2D eigenvalue weighted by atomic mass is 16.5. The summed E-state index contributed by atoms with van der Waals surface area (Å²) in [6.07, 6.45) is 1.23. The van der Waals surface area contributed by atoms with Crippen LogP contribution in [0.25, 0.3) is 0 Å². The number of nitrogens with two attached hydrogens (primary N) is 1. The molecule has 2 unspecified atom stereocenters. The lowest BCUT2D eigenvalue weighted by atomic mass is 9.96. The monoisotopic (exact) mass is 310 g/mol. The van der Waals surface area contributed by atoms with Gasteiger partial charge in [0.2, 0.25) is 5.91 Å². The third kappa shape index (κ3) is 4.11. The van der Waals surface area contributed by atoms with Crippen molar-refractivity contribution in [1.82, 2.24) is 5.32 Å². The molecule has 2 atom stereocenters. The molecule has 23 heavy (non-hydrogen) atoms. The summed E-state index contributed by atoms with van der Waals surface area (Å²) in [7, 11) is 0. The molecule has 2 aromatic rings. The van der Waals surface area contributed by atoms with Crippen LogP contribution >= 0.6 is 0 Å². The second-order valence-electron chi connectivity index (χ2n) is 6.01. The predicted octanol–water partition coefficient (Wildman–Crippen LogP) is 2.44. The Morgan fingerprint density at radius 3 is 2.74 bits per heavy atom. The van der Waals surface area contributed by atoms with Gasteiger partial charge in [-0.1, -0.05) is 48.5 Å². The molecular formula is C19H22N2O2. The molecule has 0 fully saturated rings. The minimum absolute atomic E-state index is 0.0137. The molecule has 1 heterocycles. The SMILES string of the molecule is NC(CC(=O)NCC1COc2ccccc2C1)c1ccccc1. The van der Waals surface area contributed by atoms with Gasteiger partial charge in [-0.2, -0.15) is 0 Å². The maximum atomic E-state index is 12.1. The van der Waals surface area contributed by atoms with E-state index in [4.69, 9.17) is 10.5 Å². The first-order chi connectivity index (χ1) is 11.2. The number of rotatable bonds is 5. The molecule has 120 valence electrons. The Balaban J connectivity index is 1.47. The Labute approximate surface area is 136 Å². The normalized spacial score (nSPS) is 17.7. The molecule has 0 aliphatic carbocycles. The van der Waals surface area contributed by atoms with Gasteiger partial charge in [-0.05, 0) is 23.6 Å². The van der Waals surface area contributed by atoms with Crippen LogP contribution in [0.4, 0.5) is 0 Å². The first-order valence-corrected chi connectivity index (χ1v) is 8.00. The minimum Gasteiger partial charge on any atom is -0.493 e. The highest BCUT2D eigenvalue weighted by Crippen LogP contribution is 2.26. The summed E-state index contributed by atoms with van der Waals surface area (Å²) >= 11 is 0. The zero-order valence-electron chi connectivity index (χ0n) is 13.1. The average Bonchev–Trinajstić information content (AvgIpc) is 2.60. The summed E-state index contributed by atoms with van der Waals surface area (Å²) in [5, 5.41) is 2.98. The van der Waals surface area contributed by atoms with Crippen molar-refractivity contribution in [3.8, 4) is 5.75 Å². The molecule has 4 heteroatoms. The van der Waals surface area contributed by atoms with Crippen LogP contribution < -0.4 is 15.8 Å². The van der Waals surface area contributed by atoms with E-state index in [0.717, 1.165) is 17.7 Å². The fourth-order valence-corrected chi connectivity index (χ4v) is 2.87. The van der Waals surface area contributed by atoms with Crippen molar-refractivity contribution < 1.29 is 9.53 Å². The third-order valence-corrected chi connectivity index (χ3v) is 4.18. The lowest BCUT2D eigenvalue weighted by molar-refractivity contribution is -0.121. The molecule has 0 aromatic heterocycles. The largest absolute Gasteiger partial charge is 0.493 e. The molecule has 3 N–H and O–H groups in total. The van der Waals surface area contributed by atoms with Crippen molar-refractivity contribution >= 4 is 5.91 Å². The van der Waals surface area contributed by atoms with Crippen LogP contribution in [0.5, 0.6) is 5.75 Å². The van der Waals surface area contributed by atoms with Crippen LogP contribution in [0.15, 0.2) is 54.6 Å². The van der Waals surface area contributed by atoms with Gasteiger partial charge in [0.05, 0.1) is 6.61 Å². The second-order valence-corrected chi connectivity index (χ2v) is 6.01. The smallest absolute Gasteiger partial charge is 0.221 e. The highest BCUT2D eigenvalue weighted by molar-refractivity contribution is 5.76. The number of ether oxygens (including phenoxy) is 1. The van der Waals surface area contributed by atoms with Gasteiger partial charge < -0.3 is 15.8 Å². The van der Waals surface area contributed by atoms with Crippen molar-refractivity contribution in [3.63, 3.8) is 0 Å². The molecular weight excluding hydrogens is 288 g/mol. The molecule has 0 bridgehead atoms. The maximum Gasteiger partial charge on any atom is 0.221 e. The van der Waals surface area contributed by atoms with Gasteiger partial charge in [0, 0.05) is 24.9 Å². The fourth-order valence-electron chi connectivity index (χ4n) is 2.87. The molecule has 1 aliphatic heterocycles. The van der Waals surface area contributed by atoms with Gasteiger partial charge in [-0.3, -0.25) is 4.79 Å². The van der Waals surface area contributed by atoms with Crippen LogP contribution in [0, 0.1) is 5.92 Å². The Morgan fingerprint density at radius 1 is 1.17 bits per heavy atom. The summed E-state index contributed by atoms with van der Waals surface area (Å²) in [6.45, 7) is 1.26. The number of fused-ring (bicyclic) bond motifs is 1. The van der Waals surface area contributed by atoms with Crippen LogP contribution in [0.2, 0.25) is 0 Å². The number of hydrogen-bond donors (Lipinski definition) is 2. The molecule has 0 radical (unpaired) electrons. The zero-order chi connectivity index (χ0) is 16.1. The summed E-state index contributed by atoms with van der Waals surface area (Å²) in [4.78, 5) is 12.1. The zero-order valence-corrected chi connectivity index (χ0v) is 13.1. The van der Waals surface area contributed by atoms with Gasteiger partial charge in [-0.25, -0.2) is 0 Å². The quantitative estimate of drug-likeness (QED) is 0.891. The van der Waals surface area contributed by atoms with E-state index in [1.54, 1.807) is 0 Å². The first kappa shape index (κ1) is 15.6. The molecule has 0 spiro atoms. The van der Waals surface area contributed by atoms with Crippen molar-refractivity contribution in [1.29, 1.82) is 0 Å². The molecule has 3 rings (SSSR count). The van der Waals surface area contributed by atoms with Crippen LogP contribution in [0.3, 0.4) is 0 Å². The standard InChI is InChI=1S/C19H22N2O2/c20-17(15-6-2-1-3-7-15)11-19(22)21-12-14-10-16-8-4-5-9-18(16)23-13-14/h1-9,14,17H,10-13,20H2,(H,21,22). The van der Waals surface area contributed by atoms with Gasteiger partial charge >= 0.3 is 0 Å². The van der Waals surface area contributed by atoms with Crippen molar-refractivity contribution in [2.45, 2.75) is 18.9 Å². The predicted molar refractivity (Wildman–Crippen MR) is 90.1 cm³/mol.